The summed E-state index contributed by atoms with van der Waals surface area (Å²) in [5.41, 5.74) is 0. The molecule has 0 aromatic rings. The van der Waals surface area contributed by atoms with Crippen LogP contribution in [0.1, 0.15) is 32.1 Å². The van der Waals surface area contributed by atoms with Crippen molar-refractivity contribution in [3.8, 4) is 0 Å². The zero-order chi connectivity index (χ0) is 7.40. The molecule has 0 aliphatic heterocycles. The lowest BCUT2D eigenvalue weighted by molar-refractivity contribution is -0.142. The Morgan fingerprint density at radius 2 is 2.11 bits per heavy atom. The normalized spacial score (nSPS) is 22.9. The fourth-order valence-electron chi connectivity index (χ4n) is 1.34. The zero-order valence-electron chi connectivity index (χ0n) is 6.43. The Bertz CT molecular complexity index is 119. The van der Waals surface area contributed by atoms with Gasteiger partial charge < -0.3 is 5.11 Å². The Balaban J connectivity index is 2.31. The summed E-state index contributed by atoms with van der Waals surface area (Å²) in [6, 6.07) is 0. The van der Waals surface area contributed by atoms with Gasteiger partial charge in [-0.15, -0.1) is 0 Å². The van der Waals surface area contributed by atoms with Crippen LogP contribution in [-0.4, -0.2) is 11.1 Å². The topological polar surface area (TPSA) is 37.3 Å². The second-order valence-corrected chi connectivity index (χ2v) is 2.65. The van der Waals surface area contributed by atoms with Crippen molar-refractivity contribution in [2.75, 3.05) is 0 Å². The lowest BCUT2D eigenvalue weighted by Crippen LogP contribution is -2.16. The molecule has 0 aromatic carbocycles. The van der Waals surface area contributed by atoms with Gasteiger partial charge in [-0.2, -0.15) is 0 Å². The maximum absolute atomic E-state index is 10.8. The highest BCUT2D eigenvalue weighted by atomic mass is 16.4. The van der Waals surface area contributed by atoms with Crippen molar-refractivity contribution in [3.63, 3.8) is 0 Å². The number of rotatable bonds is 1. The van der Waals surface area contributed by atoms with Crippen LogP contribution in [0.5, 0.6) is 0 Å². The van der Waals surface area contributed by atoms with Gasteiger partial charge >= 0.3 is 5.97 Å². The van der Waals surface area contributed by atoms with Crippen molar-refractivity contribution in [1.29, 1.82) is 1.43 Å². The number of hydrogen-bond acceptors (Lipinski definition) is 2. The number of carboxylic acid groups (broad SMARTS) is 1. The molecule has 1 N–H and O–H groups in total. The van der Waals surface area contributed by atoms with E-state index in [1.165, 1.54) is 6.42 Å². The standard InChI is InChI=1S/C7H12O2/c8-7(9)6-4-2-1-3-5-6/h6H,1-5H2,(H,8,9)/i/hD. The van der Waals surface area contributed by atoms with E-state index in [1.54, 1.807) is 0 Å². The van der Waals surface area contributed by atoms with E-state index >= 15 is 0 Å². The molecule has 1 aliphatic carbocycles. The monoisotopic (exact) mass is 129 g/mol. The Morgan fingerprint density at radius 3 is 2.67 bits per heavy atom. The number of carbonyl (C=O) groups is 1. The van der Waals surface area contributed by atoms with Gasteiger partial charge in [0.05, 0.1) is 5.92 Å². The molecule has 0 atom stereocenters. The Hall–Kier alpha value is -0.530. The van der Waals surface area contributed by atoms with Crippen molar-refractivity contribution in [3.05, 3.63) is 0 Å². The predicted molar refractivity (Wildman–Crippen MR) is 34.2 cm³/mol. The molecular weight excluding hydrogens is 116 g/mol. The Morgan fingerprint density at radius 1 is 1.44 bits per heavy atom. The van der Waals surface area contributed by atoms with Crippen LogP contribution in [0, 0.1) is 5.92 Å². The first-order chi connectivity index (χ1) is 4.84. The average molecular weight is 129 g/mol. The molecule has 1 fully saturated rings. The Kier molecular flexibility index (Phi) is 1.67. The van der Waals surface area contributed by atoms with E-state index in [4.69, 9.17) is 1.43 Å². The van der Waals surface area contributed by atoms with E-state index in [1.807, 2.05) is 0 Å². The van der Waals surface area contributed by atoms with Crippen LogP contribution in [-0.2, 0) is 4.79 Å². The molecule has 0 saturated heterocycles. The quantitative estimate of drug-likeness (QED) is 0.584. The highest BCUT2D eigenvalue weighted by Crippen LogP contribution is 2.23. The van der Waals surface area contributed by atoms with E-state index in [0.29, 0.717) is 0 Å². The van der Waals surface area contributed by atoms with Gasteiger partial charge in [0, 0.05) is 0 Å². The molecule has 0 amide bonds. The number of hydrogen-bond donors (Lipinski definition) is 1. The minimum Gasteiger partial charge on any atom is -0.481 e. The second kappa shape index (κ2) is 2.85. The van der Waals surface area contributed by atoms with Gasteiger partial charge in [0.1, 0.15) is 0 Å². The van der Waals surface area contributed by atoms with Crippen LogP contribution in [0.15, 0.2) is 0 Å². The van der Waals surface area contributed by atoms with Gasteiger partial charge in [0.25, 0.3) is 1.43 Å². The maximum Gasteiger partial charge on any atom is 0.306 e. The zero-order valence-corrected chi connectivity index (χ0v) is 5.43. The van der Waals surface area contributed by atoms with Gasteiger partial charge in [-0.3, -0.25) is 4.79 Å². The molecule has 0 bridgehead atoms. The summed E-state index contributed by atoms with van der Waals surface area (Å²) in [5, 5.41) is 3.90. The van der Waals surface area contributed by atoms with Gasteiger partial charge in [0.15, 0.2) is 0 Å². The summed E-state index contributed by atoms with van der Waals surface area (Å²) in [6.07, 6.45) is 5.27. The van der Waals surface area contributed by atoms with Crippen molar-refractivity contribution in [1.82, 2.24) is 0 Å². The summed E-state index contributed by atoms with van der Waals surface area (Å²) in [7, 11) is 0. The summed E-state index contributed by atoms with van der Waals surface area (Å²) >= 11 is 0. The van der Waals surface area contributed by atoms with E-state index < -0.39 is 0 Å². The molecule has 2 nitrogen and oxygen atoms in total. The molecule has 52 valence electrons. The van der Waals surface area contributed by atoms with Crippen molar-refractivity contribution in [2.45, 2.75) is 32.1 Å². The summed E-state index contributed by atoms with van der Waals surface area (Å²) in [6.45, 7) is 0. The minimum absolute atomic E-state index is 0.0197. The third-order valence-electron chi connectivity index (χ3n) is 1.94. The first kappa shape index (κ1) is 5.27. The third-order valence-corrected chi connectivity index (χ3v) is 1.94. The lowest BCUT2D eigenvalue weighted by atomic mass is 9.90. The Labute approximate surface area is 56.4 Å². The third kappa shape index (κ3) is 1.70. The van der Waals surface area contributed by atoms with Gasteiger partial charge in [-0.1, -0.05) is 19.3 Å². The molecule has 0 radical (unpaired) electrons. The molecule has 1 saturated carbocycles. The molecule has 0 aromatic heterocycles. The number of carboxylic acids is 1. The fourth-order valence-corrected chi connectivity index (χ4v) is 1.34. The first-order valence-corrected chi connectivity index (χ1v) is 3.51. The second-order valence-electron chi connectivity index (χ2n) is 2.65. The smallest absolute Gasteiger partial charge is 0.306 e. The minimum atomic E-state index is -0.347. The molecular formula is C7H12O2. The molecule has 9 heavy (non-hydrogen) atoms. The molecule has 2 heteroatoms. The highest BCUT2D eigenvalue weighted by Gasteiger charge is 2.19. The van der Waals surface area contributed by atoms with E-state index in [9.17, 15) is 4.79 Å². The van der Waals surface area contributed by atoms with Crippen molar-refractivity contribution >= 4 is 5.97 Å². The van der Waals surface area contributed by atoms with Crippen LogP contribution in [0.4, 0.5) is 0 Å². The molecule has 0 heterocycles. The van der Waals surface area contributed by atoms with E-state index in [0.717, 1.165) is 25.7 Å². The lowest BCUT2D eigenvalue weighted by Gasteiger charge is -2.16. The SMILES string of the molecule is [2H]OC(=O)C1CCCCC1. The summed E-state index contributed by atoms with van der Waals surface area (Å²) in [5.74, 6) is -0.328. The fraction of sp³-hybridized carbons (Fsp3) is 0.857. The summed E-state index contributed by atoms with van der Waals surface area (Å²) < 4.78 is 6.40. The molecule has 0 spiro atoms. The van der Waals surface area contributed by atoms with Crippen LogP contribution in [0.3, 0.4) is 0 Å². The first-order valence-electron chi connectivity index (χ1n) is 3.92. The maximum atomic E-state index is 10.8. The van der Waals surface area contributed by atoms with Gasteiger partial charge in [-0.05, 0) is 12.8 Å². The van der Waals surface area contributed by atoms with E-state index in [2.05, 4.69) is 5.11 Å². The highest BCUT2D eigenvalue weighted by molar-refractivity contribution is 5.69. The van der Waals surface area contributed by atoms with Crippen LogP contribution < -0.4 is 0 Å². The molecule has 0 unspecified atom stereocenters. The summed E-state index contributed by atoms with van der Waals surface area (Å²) in [4.78, 5) is 10.8. The average Bonchev–Trinajstić information content (AvgIpc) is 2.05. The molecule has 1 rings (SSSR count). The van der Waals surface area contributed by atoms with Gasteiger partial charge in [0.2, 0.25) is 0 Å². The van der Waals surface area contributed by atoms with Crippen LogP contribution >= 0.6 is 0 Å². The van der Waals surface area contributed by atoms with Crippen LogP contribution in [0.25, 0.3) is 1.43 Å². The largest absolute Gasteiger partial charge is 0.481 e. The van der Waals surface area contributed by atoms with Gasteiger partial charge in [-0.25, -0.2) is 0 Å². The predicted octanol–water partition coefficient (Wildman–Crippen LogP) is 1.65. The van der Waals surface area contributed by atoms with Crippen molar-refractivity contribution < 1.29 is 9.90 Å². The van der Waals surface area contributed by atoms with E-state index in [-0.39, 0.29) is 11.9 Å². The van der Waals surface area contributed by atoms with Crippen LogP contribution in [0.2, 0.25) is 0 Å². The van der Waals surface area contributed by atoms with Crippen molar-refractivity contribution in [2.24, 2.45) is 5.92 Å². The number of aliphatic carboxylic acids is 1. The molecule has 1 aliphatic rings.